The third-order valence-electron chi connectivity index (χ3n) is 1.80. The van der Waals surface area contributed by atoms with Gasteiger partial charge in [-0.1, -0.05) is 15.9 Å². The van der Waals surface area contributed by atoms with Gasteiger partial charge in [0.15, 0.2) is 0 Å². The summed E-state index contributed by atoms with van der Waals surface area (Å²) in [5, 5.41) is -0.0694. The highest BCUT2D eigenvalue weighted by Crippen LogP contribution is 2.36. The van der Waals surface area contributed by atoms with E-state index in [1.807, 2.05) is 0 Å². The van der Waals surface area contributed by atoms with E-state index in [4.69, 9.17) is 0 Å². The third kappa shape index (κ3) is 4.50. The smallest absolute Gasteiger partial charge is 0.166 e. The first-order valence-electron chi connectivity index (χ1n) is 3.99. The summed E-state index contributed by atoms with van der Waals surface area (Å²) >= 11 is 2.82. The van der Waals surface area contributed by atoms with Crippen LogP contribution in [0.15, 0.2) is 18.2 Å². The second-order valence-corrected chi connectivity index (χ2v) is 3.61. The lowest BCUT2D eigenvalue weighted by atomic mass is 10.1. The molecule has 0 atom stereocenters. The average molecular weight is 388 g/mol. The molecule has 0 saturated heterocycles. The molecule has 0 fully saturated rings. The van der Waals surface area contributed by atoms with Gasteiger partial charge in [0.1, 0.15) is 0 Å². The van der Waals surface area contributed by atoms with E-state index in [0.717, 1.165) is 0 Å². The highest BCUT2D eigenvalue weighted by molar-refractivity contribution is 9.08. The van der Waals surface area contributed by atoms with Crippen LogP contribution in [0.5, 0.6) is 0 Å². The largest absolute Gasteiger partial charge is 0.416 e. The van der Waals surface area contributed by atoms with Gasteiger partial charge in [-0.05, 0) is 23.8 Å². The van der Waals surface area contributed by atoms with Crippen LogP contribution >= 0.6 is 32.9 Å². The molecule has 0 unspecified atom stereocenters. The fraction of sp³-hybridized carbons (Fsp3) is 0.333. The molecule has 1 aromatic rings. The zero-order chi connectivity index (χ0) is 12.6. The summed E-state index contributed by atoms with van der Waals surface area (Å²) in [6.07, 6.45) is -9.56. The van der Waals surface area contributed by atoms with Crippen molar-refractivity contribution in [1.29, 1.82) is 0 Å². The van der Waals surface area contributed by atoms with Gasteiger partial charge < -0.3 is 0 Å². The van der Waals surface area contributed by atoms with Gasteiger partial charge in [-0.15, -0.1) is 17.0 Å². The van der Waals surface area contributed by atoms with E-state index in [1.54, 1.807) is 0 Å². The first-order valence-corrected chi connectivity index (χ1v) is 5.11. The summed E-state index contributed by atoms with van der Waals surface area (Å²) < 4.78 is 73.7. The summed E-state index contributed by atoms with van der Waals surface area (Å²) in [5.74, 6) is 0. The summed E-state index contributed by atoms with van der Waals surface area (Å²) in [6, 6.07) is 1.47. The van der Waals surface area contributed by atoms with Gasteiger partial charge in [0.25, 0.3) is 0 Å². The van der Waals surface area contributed by atoms with Gasteiger partial charge in [-0.2, -0.15) is 26.3 Å². The molecular weight excluding hydrogens is 382 g/mol. The van der Waals surface area contributed by atoms with Crippen molar-refractivity contribution in [2.75, 3.05) is 0 Å². The fourth-order valence-electron chi connectivity index (χ4n) is 1.10. The molecule has 0 saturated carbocycles. The molecule has 0 aromatic heterocycles. The molecule has 0 aliphatic carbocycles. The molecule has 8 heteroatoms. The van der Waals surface area contributed by atoms with E-state index < -0.39 is 23.5 Å². The highest BCUT2D eigenvalue weighted by Gasteiger charge is 2.36. The van der Waals surface area contributed by atoms with Crippen LogP contribution in [0.1, 0.15) is 16.7 Å². The maximum atomic E-state index is 12.3. The number of alkyl halides is 7. The van der Waals surface area contributed by atoms with Crippen molar-refractivity contribution in [3.63, 3.8) is 0 Å². The Morgan fingerprint density at radius 1 is 0.824 bits per heavy atom. The Bertz CT molecular complexity index is 350. The molecule has 1 aromatic carbocycles. The number of halogens is 8. The minimum Gasteiger partial charge on any atom is -0.166 e. The molecule has 0 spiro atoms. The monoisotopic (exact) mass is 386 g/mol. The second kappa shape index (κ2) is 5.60. The van der Waals surface area contributed by atoms with Gasteiger partial charge in [0, 0.05) is 5.33 Å². The number of hydrogen-bond donors (Lipinski definition) is 0. The van der Waals surface area contributed by atoms with Crippen molar-refractivity contribution < 1.29 is 26.3 Å². The number of rotatable bonds is 1. The van der Waals surface area contributed by atoms with E-state index in [1.165, 1.54) is 0 Å². The molecule has 0 nitrogen and oxygen atoms in total. The zero-order valence-corrected chi connectivity index (χ0v) is 11.3. The molecule has 0 heterocycles. The van der Waals surface area contributed by atoms with Crippen molar-refractivity contribution >= 4 is 32.9 Å². The van der Waals surface area contributed by atoms with Crippen molar-refractivity contribution in [1.82, 2.24) is 0 Å². The molecular formula is C9H6Br2F6. The Morgan fingerprint density at radius 2 is 1.18 bits per heavy atom. The molecule has 98 valence electrons. The van der Waals surface area contributed by atoms with Crippen LogP contribution < -0.4 is 0 Å². The predicted octanol–water partition coefficient (Wildman–Crippen LogP) is 5.20. The van der Waals surface area contributed by atoms with Crippen molar-refractivity contribution in [2.45, 2.75) is 17.7 Å². The third-order valence-corrected chi connectivity index (χ3v) is 2.45. The topological polar surface area (TPSA) is 0 Å². The van der Waals surface area contributed by atoms with E-state index in [-0.39, 0.29) is 33.9 Å². The Morgan fingerprint density at radius 3 is 1.41 bits per heavy atom. The molecule has 1 rings (SSSR count). The Hall–Kier alpha value is -0.240. The second-order valence-electron chi connectivity index (χ2n) is 3.05. The maximum absolute atomic E-state index is 12.3. The van der Waals surface area contributed by atoms with Gasteiger partial charge in [0.2, 0.25) is 0 Å². The van der Waals surface area contributed by atoms with Crippen LogP contribution in [0.4, 0.5) is 26.3 Å². The van der Waals surface area contributed by atoms with Crippen LogP contribution in [-0.4, -0.2) is 0 Å². The molecule has 0 amide bonds. The lowest BCUT2D eigenvalue weighted by molar-refractivity contribution is -0.143. The summed E-state index contributed by atoms with van der Waals surface area (Å²) in [7, 11) is 0. The number of hydrogen-bond acceptors (Lipinski definition) is 0. The Labute approximate surface area is 112 Å². The zero-order valence-electron chi connectivity index (χ0n) is 7.99. The molecule has 0 radical (unpaired) electrons. The van der Waals surface area contributed by atoms with Crippen molar-refractivity contribution in [3.8, 4) is 0 Å². The van der Waals surface area contributed by atoms with Gasteiger partial charge in [0.05, 0.1) is 11.1 Å². The van der Waals surface area contributed by atoms with E-state index >= 15 is 0 Å². The fourth-order valence-corrected chi connectivity index (χ4v) is 1.42. The molecule has 0 aliphatic heterocycles. The van der Waals surface area contributed by atoms with Crippen LogP contribution in [-0.2, 0) is 17.7 Å². The highest BCUT2D eigenvalue weighted by atomic mass is 79.9. The number of benzene rings is 1. The Kier molecular flexibility index (Phi) is 5.52. The SMILES string of the molecule is Br.FC(F)(F)c1cc(CBr)cc(C(F)(F)F)c1. The minimum atomic E-state index is -4.78. The van der Waals surface area contributed by atoms with Crippen LogP contribution in [0, 0.1) is 0 Å². The first kappa shape index (κ1) is 16.8. The summed E-state index contributed by atoms with van der Waals surface area (Å²) in [6.45, 7) is 0. The van der Waals surface area contributed by atoms with Crippen molar-refractivity contribution in [2.24, 2.45) is 0 Å². The normalized spacial score (nSPS) is 12.2. The van der Waals surface area contributed by atoms with Gasteiger partial charge in [-0.3, -0.25) is 0 Å². The van der Waals surface area contributed by atoms with Crippen LogP contribution in [0.25, 0.3) is 0 Å². The first-order chi connectivity index (χ1) is 7.14. The van der Waals surface area contributed by atoms with Crippen LogP contribution in [0.3, 0.4) is 0 Å². The molecule has 0 bridgehead atoms. The predicted molar refractivity (Wildman–Crippen MR) is 59.4 cm³/mol. The summed E-state index contributed by atoms with van der Waals surface area (Å²) in [5.41, 5.74) is -2.66. The standard InChI is InChI=1S/C9H5BrF6.BrH/c10-4-5-1-6(8(11,12)13)3-7(2-5)9(14,15)16;/h1-3H,4H2;1H. The molecule has 0 N–H and O–H groups in total. The summed E-state index contributed by atoms with van der Waals surface area (Å²) in [4.78, 5) is 0. The lowest BCUT2D eigenvalue weighted by Gasteiger charge is -2.13. The molecule has 0 aliphatic rings. The quantitative estimate of drug-likeness (QED) is 0.459. The van der Waals surface area contributed by atoms with E-state index in [0.29, 0.717) is 12.1 Å². The van der Waals surface area contributed by atoms with Gasteiger partial charge >= 0.3 is 12.4 Å². The van der Waals surface area contributed by atoms with Gasteiger partial charge in [-0.25, -0.2) is 0 Å². The molecule has 17 heavy (non-hydrogen) atoms. The van der Waals surface area contributed by atoms with Crippen LogP contribution in [0.2, 0.25) is 0 Å². The lowest BCUT2D eigenvalue weighted by Crippen LogP contribution is -2.11. The van der Waals surface area contributed by atoms with Crippen molar-refractivity contribution in [3.05, 3.63) is 34.9 Å². The Balaban J connectivity index is 0.00000256. The maximum Gasteiger partial charge on any atom is 0.416 e. The minimum absolute atomic E-state index is 0. The van der Waals surface area contributed by atoms with E-state index in [2.05, 4.69) is 15.9 Å². The van der Waals surface area contributed by atoms with E-state index in [9.17, 15) is 26.3 Å². The average Bonchev–Trinajstić information content (AvgIpc) is 2.14.